The molecule has 0 bridgehead atoms. The number of nitrogens with two attached hydrogens (primary N) is 1. The van der Waals surface area contributed by atoms with Crippen LogP contribution >= 0.6 is 11.6 Å². The van der Waals surface area contributed by atoms with Crippen molar-refractivity contribution < 1.29 is 14.3 Å². The van der Waals surface area contributed by atoms with Gasteiger partial charge in [0.25, 0.3) is 0 Å². The third-order valence-corrected chi connectivity index (χ3v) is 2.83. The van der Waals surface area contributed by atoms with Crippen LogP contribution in [0.15, 0.2) is 18.2 Å². The largest absolute Gasteiger partial charge is 0.385 e. The number of halogens is 1. The van der Waals surface area contributed by atoms with Gasteiger partial charge in [0.2, 0.25) is 11.8 Å². The molecule has 1 rings (SSSR count). The molecular formula is C13H18ClN3O3. The van der Waals surface area contributed by atoms with E-state index in [2.05, 4.69) is 10.6 Å². The van der Waals surface area contributed by atoms with Gasteiger partial charge in [0.1, 0.15) is 0 Å². The Hall–Kier alpha value is -1.63. The van der Waals surface area contributed by atoms with Crippen LogP contribution in [0.4, 0.5) is 11.4 Å². The predicted molar refractivity (Wildman–Crippen MR) is 78.9 cm³/mol. The summed E-state index contributed by atoms with van der Waals surface area (Å²) in [5.41, 5.74) is 6.71. The maximum Gasteiger partial charge on any atom is 0.241 e. The van der Waals surface area contributed by atoms with E-state index in [1.54, 1.807) is 25.3 Å². The van der Waals surface area contributed by atoms with Gasteiger partial charge in [0.15, 0.2) is 0 Å². The molecule has 7 heteroatoms. The molecule has 0 aromatic heterocycles. The quantitative estimate of drug-likeness (QED) is 0.744. The number of hydrogen-bond donors (Lipinski definition) is 3. The van der Waals surface area contributed by atoms with Crippen LogP contribution in [0.25, 0.3) is 0 Å². The summed E-state index contributed by atoms with van der Waals surface area (Å²) in [6, 6.07) is 4.15. The van der Waals surface area contributed by atoms with Gasteiger partial charge in [-0.1, -0.05) is 11.6 Å². The van der Waals surface area contributed by atoms with Crippen molar-refractivity contribution in [3.8, 4) is 0 Å². The highest BCUT2D eigenvalue weighted by Crippen LogP contribution is 2.25. The molecule has 0 fully saturated rings. The minimum absolute atomic E-state index is 0.217. The van der Waals surface area contributed by atoms with E-state index in [0.717, 1.165) is 0 Å². The average molecular weight is 300 g/mol. The zero-order chi connectivity index (χ0) is 15.1. The summed E-state index contributed by atoms with van der Waals surface area (Å²) in [7, 11) is 1.55. The van der Waals surface area contributed by atoms with Crippen LogP contribution in [0.5, 0.6) is 0 Å². The molecule has 0 heterocycles. The number of nitrogens with one attached hydrogen (secondary N) is 2. The van der Waals surface area contributed by atoms with E-state index in [9.17, 15) is 9.59 Å². The molecule has 1 aromatic carbocycles. The van der Waals surface area contributed by atoms with Crippen molar-refractivity contribution in [3.63, 3.8) is 0 Å². The monoisotopic (exact) mass is 299 g/mol. The molecule has 6 nitrogen and oxygen atoms in total. The third kappa shape index (κ3) is 5.16. The Kier molecular flexibility index (Phi) is 6.44. The van der Waals surface area contributed by atoms with E-state index in [-0.39, 0.29) is 11.8 Å². The Balaban J connectivity index is 2.67. The number of rotatable bonds is 6. The molecule has 110 valence electrons. The molecule has 2 amide bonds. The first-order valence-corrected chi connectivity index (χ1v) is 6.44. The fraction of sp³-hybridized carbons (Fsp3) is 0.385. The van der Waals surface area contributed by atoms with Gasteiger partial charge in [-0.3, -0.25) is 9.59 Å². The summed E-state index contributed by atoms with van der Waals surface area (Å²) < 4.78 is 4.86. The lowest BCUT2D eigenvalue weighted by molar-refractivity contribution is -0.117. The number of carbonyl (C=O) groups is 2. The van der Waals surface area contributed by atoms with Gasteiger partial charge in [-0.2, -0.15) is 0 Å². The predicted octanol–water partition coefficient (Wildman–Crippen LogP) is 1.60. The number of anilines is 2. The number of hydrogen-bond acceptors (Lipinski definition) is 4. The number of ether oxygens (including phenoxy) is 1. The molecular weight excluding hydrogens is 282 g/mol. The van der Waals surface area contributed by atoms with Crippen molar-refractivity contribution in [1.29, 1.82) is 0 Å². The molecule has 0 saturated carbocycles. The summed E-state index contributed by atoms with van der Waals surface area (Å²) in [6.45, 7) is 1.80. The van der Waals surface area contributed by atoms with Gasteiger partial charge in [0.05, 0.1) is 16.8 Å². The van der Waals surface area contributed by atoms with Crippen LogP contribution < -0.4 is 16.4 Å². The first kappa shape index (κ1) is 16.4. The van der Waals surface area contributed by atoms with Crippen molar-refractivity contribution in [1.82, 2.24) is 0 Å². The number of benzene rings is 1. The van der Waals surface area contributed by atoms with Crippen LogP contribution in [0.2, 0.25) is 5.02 Å². The lowest BCUT2D eigenvalue weighted by Gasteiger charge is -2.13. The van der Waals surface area contributed by atoms with E-state index >= 15 is 0 Å². The van der Waals surface area contributed by atoms with Crippen molar-refractivity contribution >= 4 is 34.8 Å². The minimum Gasteiger partial charge on any atom is -0.385 e. The Morgan fingerprint density at radius 1 is 1.40 bits per heavy atom. The molecule has 1 aromatic rings. The fourth-order valence-electron chi connectivity index (χ4n) is 1.49. The number of carbonyl (C=O) groups excluding carboxylic acids is 2. The van der Waals surface area contributed by atoms with Crippen LogP contribution in [0, 0.1) is 0 Å². The highest BCUT2D eigenvalue weighted by molar-refractivity contribution is 6.34. The summed E-state index contributed by atoms with van der Waals surface area (Å²) >= 11 is 6.00. The topological polar surface area (TPSA) is 93.4 Å². The first-order valence-electron chi connectivity index (χ1n) is 6.06. The average Bonchev–Trinajstić information content (AvgIpc) is 2.38. The third-order valence-electron chi connectivity index (χ3n) is 2.52. The van der Waals surface area contributed by atoms with Crippen molar-refractivity contribution in [3.05, 3.63) is 23.2 Å². The van der Waals surface area contributed by atoms with E-state index in [0.29, 0.717) is 29.4 Å². The maximum absolute atomic E-state index is 11.8. The van der Waals surface area contributed by atoms with E-state index in [4.69, 9.17) is 22.1 Å². The molecule has 4 N–H and O–H groups in total. The minimum atomic E-state index is -0.649. The molecule has 0 aliphatic heterocycles. The highest BCUT2D eigenvalue weighted by atomic mass is 35.5. The standard InChI is InChI=1S/C13H18ClN3O3/c1-8(18)16-12-4-3-9(7-10(12)14)17-13(19)11(15)5-6-20-2/h3-4,7,11H,5-6,15H2,1-2H3,(H,16,18)(H,17,19). The van der Waals surface area contributed by atoms with Crippen molar-refractivity contribution in [2.24, 2.45) is 5.73 Å². The van der Waals surface area contributed by atoms with Crippen molar-refractivity contribution in [2.45, 2.75) is 19.4 Å². The van der Waals surface area contributed by atoms with Gasteiger partial charge in [0, 0.05) is 26.3 Å². The van der Waals surface area contributed by atoms with Gasteiger partial charge >= 0.3 is 0 Å². The molecule has 1 atom stereocenters. The second-order valence-corrected chi connectivity index (χ2v) is 4.66. The summed E-state index contributed by atoms with van der Waals surface area (Å²) in [5.74, 6) is -0.532. The lowest BCUT2D eigenvalue weighted by atomic mass is 10.2. The smallest absolute Gasteiger partial charge is 0.241 e. The fourth-order valence-corrected chi connectivity index (χ4v) is 1.72. The second kappa shape index (κ2) is 7.84. The van der Waals surface area contributed by atoms with Crippen LogP contribution in [-0.4, -0.2) is 31.6 Å². The van der Waals surface area contributed by atoms with Gasteiger partial charge in [-0.05, 0) is 24.6 Å². The van der Waals surface area contributed by atoms with Gasteiger partial charge < -0.3 is 21.1 Å². The Bertz CT molecular complexity index is 494. The van der Waals surface area contributed by atoms with Crippen LogP contribution in [0.3, 0.4) is 0 Å². The maximum atomic E-state index is 11.8. The molecule has 0 aliphatic carbocycles. The molecule has 0 radical (unpaired) electrons. The normalized spacial score (nSPS) is 11.8. The zero-order valence-corrected chi connectivity index (χ0v) is 12.2. The summed E-state index contributed by atoms with van der Waals surface area (Å²) in [5, 5.41) is 5.57. The summed E-state index contributed by atoms with van der Waals surface area (Å²) in [4.78, 5) is 22.7. The van der Waals surface area contributed by atoms with E-state index < -0.39 is 6.04 Å². The van der Waals surface area contributed by atoms with Crippen LogP contribution in [0.1, 0.15) is 13.3 Å². The first-order chi connectivity index (χ1) is 9.43. The lowest BCUT2D eigenvalue weighted by Crippen LogP contribution is -2.36. The highest BCUT2D eigenvalue weighted by Gasteiger charge is 2.13. The zero-order valence-electron chi connectivity index (χ0n) is 11.4. The Morgan fingerprint density at radius 2 is 2.10 bits per heavy atom. The Morgan fingerprint density at radius 3 is 2.65 bits per heavy atom. The molecule has 1 unspecified atom stereocenters. The van der Waals surface area contributed by atoms with Crippen molar-refractivity contribution in [2.75, 3.05) is 24.4 Å². The second-order valence-electron chi connectivity index (χ2n) is 4.25. The van der Waals surface area contributed by atoms with Gasteiger partial charge in [-0.25, -0.2) is 0 Å². The Labute approximate surface area is 122 Å². The van der Waals surface area contributed by atoms with E-state index in [1.807, 2.05) is 0 Å². The van der Waals surface area contributed by atoms with Crippen LogP contribution in [-0.2, 0) is 14.3 Å². The van der Waals surface area contributed by atoms with E-state index in [1.165, 1.54) is 6.92 Å². The molecule has 0 aliphatic rings. The molecule has 0 spiro atoms. The summed E-state index contributed by atoms with van der Waals surface area (Å²) in [6.07, 6.45) is 0.431. The number of methoxy groups -OCH3 is 1. The molecule has 20 heavy (non-hydrogen) atoms. The SMILES string of the molecule is COCCC(N)C(=O)Nc1ccc(NC(C)=O)c(Cl)c1. The van der Waals surface area contributed by atoms with Gasteiger partial charge in [-0.15, -0.1) is 0 Å². The number of amides is 2. The molecule has 0 saturated heterocycles.